The number of hydrogen-bond donors (Lipinski definition) is 0. The standard InChI is InChI=1S/C9H16O2S/c1-3-5-8-7(4-2)6-10-9(12)11-8/h7-8H,3-6H2,1-2H3. The van der Waals surface area contributed by atoms with Crippen LogP contribution in [-0.4, -0.2) is 17.9 Å². The molecular formula is C9H16O2S. The molecule has 2 unspecified atom stereocenters. The van der Waals surface area contributed by atoms with Gasteiger partial charge in [-0.05, 0) is 12.8 Å². The predicted molar refractivity (Wildman–Crippen MR) is 52.1 cm³/mol. The first-order valence-electron chi connectivity index (χ1n) is 4.61. The molecule has 1 saturated heterocycles. The SMILES string of the molecule is CCCC1OC(=S)OCC1CC. The Labute approximate surface area is 79.2 Å². The molecule has 0 N–H and O–H groups in total. The summed E-state index contributed by atoms with van der Waals surface area (Å²) in [5, 5.41) is 0.332. The van der Waals surface area contributed by atoms with Crippen LogP contribution in [0.3, 0.4) is 0 Å². The summed E-state index contributed by atoms with van der Waals surface area (Å²) in [7, 11) is 0. The highest BCUT2D eigenvalue weighted by molar-refractivity contribution is 7.79. The monoisotopic (exact) mass is 188 g/mol. The summed E-state index contributed by atoms with van der Waals surface area (Å²) in [5.74, 6) is 0.525. The molecule has 70 valence electrons. The summed E-state index contributed by atoms with van der Waals surface area (Å²) in [4.78, 5) is 0. The van der Waals surface area contributed by atoms with Crippen molar-refractivity contribution < 1.29 is 9.47 Å². The Morgan fingerprint density at radius 3 is 2.83 bits per heavy atom. The topological polar surface area (TPSA) is 18.5 Å². The maximum Gasteiger partial charge on any atom is 0.352 e. The lowest BCUT2D eigenvalue weighted by molar-refractivity contribution is -0.00792. The Morgan fingerprint density at radius 1 is 1.50 bits per heavy atom. The van der Waals surface area contributed by atoms with Gasteiger partial charge in [0, 0.05) is 18.1 Å². The maximum absolute atomic E-state index is 5.44. The van der Waals surface area contributed by atoms with Crippen molar-refractivity contribution >= 4 is 17.5 Å². The number of hydrogen-bond acceptors (Lipinski definition) is 3. The summed E-state index contributed by atoms with van der Waals surface area (Å²) >= 11 is 4.85. The Hall–Kier alpha value is -0.310. The summed E-state index contributed by atoms with van der Waals surface area (Å²) in [6.45, 7) is 5.06. The second-order valence-electron chi connectivity index (χ2n) is 3.17. The zero-order valence-electron chi connectivity index (χ0n) is 7.71. The van der Waals surface area contributed by atoms with Crippen LogP contribution in [0, 0.1) is 5.92 Å². The highest BCUT2D eigenvalue weighted by atomic mass is 32.1. The zero-order valence-corrected chi connectivity index (χ0v) is 8.52. The van der Waals surface area contributed by atoms with Crippen LogP contribution in [0.2, 0.25) is 0 Å². The van der Waals surface area contributed by atoms with Crippen molar-refractivity contribution in [3.8, 4) is 0 Å². The van der Waals surface area contributed by atoms with E-state index >= 15 is 0 Å². The summed E-state index contributed by atoms with van der Waals surface area (Å²) in [5.41, 5.74) is 0. The molecule has 0 aromatic rings. The number of rotatable bonds is 3. The van der Waals surface area contributed by atoms with Crippen LogP contribution in [0.1, 0.15) is 33.1 Å². The van der Waals surface area contributed by atoms with Crippen LogP contribution in [0.25, 0.3) is 0 Å². The van der Waals surface area contributed by atoms with Gasteiger partial charge in [-0.1, -0.05) is 20.3 Å². The van der Waals surface area contributed by atoms with Crippen LogP contribution in [0.15, 0.2) is 0 Å². The third kappa shape index (κ3) is 2.34. The third-order valence-corrected chi connectivity index (χ3v) is 2.50. The molecule has 0 bridgehead atoms. The van der Waals surface area contributed by atoms with Gasteiger partial charge in [0.2, 0.25) is 0 Å². The average Bonchev–Trinajstić information content (AvgIpc) is 2.05. The van der Waals surface area contributed by atoms with E-state index in [9.17, 15) is 0 Å². The Morgan fingerprint density at radius 2 is 2.25 bits per heavy atom. The van der Waals surface area contributed by atoms with Gasteiger partial charge >= 0.3 is 5.24 Å². The molecule has 1 rings (SSSR count). The molecule has 0 radical (unpaired) electrons. The average molecular weight is 188 g/mol. The normalized spacial score (nSPS) is 29.3. The van der Waals surface area contributed by atoms with Gasteiger partial charge in [0.1, 0.15) is 6.10 Å². The molecule has 0 aromatic carbocycles. The minimum absolute atomic E-state index is 0.293. The summed E-state index contributed by atoms with van der Waals surface area (Å²) < 4.78 is 10.6. The fourth-order valence-electron chi connectivity index (χ4n) is 1.50. The highest BCUT2D eigenvalue weighted by Gasteiger charge is 2.27. The summed E-state index contributed by atoms with van der Waals surface area (Å²) in [6.07, 6.45) is 3.63. The molecule has 1 heterocycles. The minimum atomic E-state index is 0.293. The first-order valence-corrected chi connectivity index (χ1v) is 5.02. The molecule has 0 spiro atoms. The summed E-state index contributed by atoms with van der Waals surface area (Å²) in [6, 6.07) is 0. The molecule has 0 amide bonds. The van der Waals surface area contributed by atoms with Crippen LogP contribution in [0.5, 0.6) is 0 Å². The van der Waals surface area contributed by atoms with Crippen molar-refractivity contribution in [3.05, 3.63) is 0 Å². The van der Waals surface area contributed by atoms with Gasteiger partial charge in [0.25, 0.3) is 0 Å². The van der Waals surface area contributed by atoms with Crippen molar-refractivity contribution in [1.29, 1.82) is 0 Å². The van der Waals surface area contributed by atoms with Crippen molar-refractivity contribution in [3.63, 3.8) is 0 Å². The molecule has 3 heteroatoms. The van der Waals surface area contributed by atoms with Gasteiger partial charge in [-0.2, -0.15) is 0 Å². The van der Waals surface area contributed by atoms with Gasteiger partial charge in [-0.3, -0.25) is 0 Å². The number of thiocarbonyl (C=S) groups is 1. The fourth-order valence-corrected chi connectivity index (χ4v) is 1.69. The molecule has 2 nitrogen and oxygen atoms in total. The molecule has 1 aliphatic heterocycles. The van der Waals surface area contributed by atoms with Crippen molar-refractivity contribution in [2.45, 2.75) is 39.2 Å². The quantitative estimate of drug-likeness (QED) is 0.634. The van der Waals surface area contributed by atoms with E-state index < -0.39 is 0 Å². The van der Waals surface area contributed by atoms with Crippen molar-refractivity contribution in [2.75, 3.05) is 6.61 Å². The lowest BCUT2D eigenvalue weighted by atomic mass is 9.96. The molecule has 12 heavy (non-hydrogen) atoms. The van der Waals surface area contributed by atoms with E-state index in [0.717, 1.165) is 25.9 Å². The van der Waals surface area contributed by atoms with Crippen LogP contribution in [0.4, 0.5) is 0 Å². The number of ether oxygens (including phenoxy) is 2. The second-order valence-corrected chi connectivity index (χ2v) is 3.51. The maximum atomic E-state index is 5.44. The lowest BCUT2D eigenvalue weighted by Gasteiger charge is -2.31. The minimum Gasteiger partial charge on any atom is -0.456 e. The van der Waals surface area contributed by atoms with Crippen LogP contribution in [-0.2, 0) is 9.47 Å². The van der Waals surface area contributed by atoms with E-state index in [4.69, 9.17) is 21.7 Å². The third-order valence-electron chi connectivity index (χ3n) is 2.29. The van der Waals surface area contributed by atoms with Gasteiger partial charge in [0.15, 0.2) is 0 Å². The first kappa shape index (κ1) is 9.78. The highest BCUT2D eigenvalue weighted by Crippen LogP contribution is 2.22. The van der Waals surface area contributed by atoms with E-state index in [1.54, 1.807) is 0 Å². The van der Waals surface area contributed by atoms with Crippen LogP contribution < -0.4 is 0 Å². The second kappa shape index (κ2) is 4.65. The molecule has 2 atom stereocenters. The molecule has 1 fully saturated rings. The molecule has 0 aromatic heterocycles. The molecular weight excluding hydrogens is 172 g/mol. The lowest BCUT2D eigenvalue weighted by Crippen LogP contribution is -2.36. The zero-order chi connectivity index (χ0) is 8.97. The Balaban J connectivity index is 2.45. The van der Waals surface area contributed by atoms with E-state index in [0.29, 0.717) is 17.3 Å². The van der Waals surface area contributed by atoms with E-state index in [1.807, 2.05) is 0 Å². The van der Waals surface area contributed by atoms with Gasteiger partial charge in [-0.15, -0.1) is 0 Å². The van der Waals surface area contributed by atoms with Gasteiger partial charge in [0.05, 0.1) is 6.61 Å². The fraction of sp³-hybridized carbons (Fsp3) is 0.889. The van der Waals surface area contributed by atoms with E-state index in [-0.39, 0.29) is 0 Å². The first-order chi connectivity index (χ1) is 5.77. The van der Waals surface area contributed by atoms with Crippen molar-refractivity contribution in [2.24, 2.45) is 5.92 Å². The predicted octanol–water partition coefficient (Wildman–Crippen LogP) is 2.51. The smallest absolute Gasteiger partial charge is 0.352 e. The van der Waals surface area contributed by atoms with Crippen molar-refractivity contribution in [1.82, 2.24) is 0 Å². The molecule has 0 aliphatic carbocycles. The van der Waals surface area contributed by atoms with E-state index in [2.05, 4.69) is 13.8 Å². The molecule has 0 saturated carbocycles. The molecule has 1 aliphatic rings. The Bertz CT molecular complexity index is 159. The van der Waals surface area contributed by atoms with Gasteiger partial charge in [-0.25, -0.2) is 0 Å². The van der Waals surface area contributed by atoms with E-state index in [1.165, 1.54) is 0 Å². The van der Waals surface area contributed by atoms with Crippen LogP contribution >= 0.6 is 12.2 Å². The van der Waals surface area contributed by atoms with Gasteiger partial charge < -0.3 is 9.47 Å². The Kier molecular flexibility index (Phi) is 3.79. The largest absolute Gasteiger partial charge is 0.456 e.